The van der Waals surface area contributed by atoms with E-state index < -0.39 is 5.41 Å². The molecule has 4 rings (SSSR count). The normalized spacial score (nSPS) is 17.1. The molecule has 1 atom stereocenters. The number of amides is 1. The van der Waals surface area contributed by atoms with Crippen molar-refractivity contribution in [2.75, 3.05) is 0 Å². The molecule has 3 aromatic rings. The van der Waals surface area contributed by atoms with Crippen LogP contribution < -0.4 is 0 Å². The molecule has 0 aliphatic carbocycles. The average Bonchev–Trinajstić information content (AvgIpc) is 3.37. The van der Waals surface area contributed by atoms with Crippen LogP contribution in [0.3, 0.4) is 0 Å². The summed E-state index contributed by atoms with van der Waals surface area (Å²) in [5.41, 5.74) is 2.69. The molecular weight excluding hydrogens is 330 g/mol. The van der Waals surface area contributed by atoms with Gasteiger partial charge in [0.25, 0.3) is 0 Å². The van der Waals surface area contributed by atoms with Gasteiger partial charge in [0.2, 0.25) is 5.91 Å². The van der Waals surface area contributed by atoms with Crippen LogP contribution in [0.25, 0.3) is 0 Å². The predicted molar refractivity (Wildman–Crippen MR) is 110 cm³/mol. The van der Waals surface area contributed by atoms with Gasteiger partial charge in [-0.2, -0.15) is 0 Å². The summed E-state index contributed by atoms with van der Waals surface area (Å²) in [6.45, 7) is 6.32. The lowest BCUT2D eigenvalue weighted by atomic mass is 9.66. The number of hydrogen-bond donors (Lipinski definition) is 0. The zero-order valence-electron chi connectivity index (χ0n) is 16.1. The Balaban J connectivity index is 2.04. The van der Waals surface area contributed by atoms with E-state index >= 15 is 0 Å². The van der Waals surface area contributed by atoms with E-state index in [1.54, 1.807) is 0 Å². The van der Waals surface area contributed by atoms with Crippen molar-refractivity contribution in [3.05, 3.63) is 108 Å². The number of benzene rings is 3. The second-order valence-electron chi connectivity index (χ2n) is 8.19. The Kier molecular flexibility index (Phi) is 4.15. The molecule has 2 nitrogen and oxygen atoms in total. The van der Waals surface area contributed by atoms with Gasteiger partial charge in [-0.1, -0.05) is 91.0 Å². The molecule has 1 fully saturated rings. The lowest BCUT2D eigenvalue weighted by molar-refractivity contribution is -0.115. The standard InChI is InChI=1S/C25H25NO/c1-24(2,3)26-22(23(26)27)25(19-13-7-4-8-14-19,20-15-9-5-10-16-20)21-17-11-6-12-18-21/h4-18,22H,1-3H3. The molecule has 0 N–H and O–H groups in total. The van der Waals surface area contributed by atoms with Crippen LogP contribution in [0.15, 0.2) is 91.0 Å². The number of carbonyl (C=O) groups is 1. The molecule has 0 spiro atoms. The summed E-state index contributed by atoms with van der Waals surface area (Å²) in [6, 6.07) is 31.1. The van der Waals surface area contributed by atoms with E-state index in [0.717, 1.165) is 16.7 Å². The van der Waals surface area contributed by atoms with E-state index in [1.165, 1.54) is 0 Å². The van der Waals surface area contributed by atoms with Crippen LogP contribution >= 0.6 is 0 Å². The Morgan fingerprint density at radius 2 is 0.963 bits per heavy atom. The summed E-state index contributed by atoms with van der Waals surface area (Å²) < 4.78 is 0. The first-order chi connectivity index (χ1) is 13.0. The molecular formula is C25H25NO. The smallest absolute Gasteiger partial charge is 0.248 e. The molecule has 1 heterocycles. The fourth-order valence-corrected chi connectivity index (χ4v) is 4.35. The van der Waals surface area contributed by atoms with Crippen LogP contribution in [-0.2, 0) is 10.2 Å². The van der Waals surface area contributed by atoms with E-state index in [2.05, 4.69) is 93.6 Å². The van der Waals surface area contributed by atoms with Gasteiger partial charge in [0.05, 0.1) is 5.41 Å². The second-order valence-corrected chi connectivity index (χ2v) is 8.19. The average molecular weight is 355 g/mol. The van der Waals surface area contributed by atoms with Crippen molar-refractivity contribution in [3.63, 3.8) is 0 Å². The van der Waals surface area contributed by atoms with Crippen LogP contribution in [0.2, 0.25) is 0 Å². The molecule has 2 heteroatoms. The summed E-state index contributed by atoms with van der Waals surface area (Å²) in [7, 11) is 0. The molecule has 0 radical (unpaired) electrons. The van der Waals surface area contributed by atoms with Crippen molar-refractivity contribution in [2.45, 2.75) is 37.8 Å². The van der Waals surface area contributed by atoms with Gasteiger partial charge in [0.15, 0.2) is 0 Å². The highest BCUT2D eigenvalue weighted by atomic mass is 16.2. The zero-order chi connectivity index (χ0) is 19.1. The highest BCUT2D eigenvalue weighted by Crippen LogP contribution is 2.51. The van der Waals surface area contributed by atoms with Crippen molar-refractivity contribution < 1.29 is 4.79 Å². The van der Waals surface area contributed by atoms with Crippen LogP contribution in [0.4, 0.5) is 0 Å². The highest BCUT2D eigenvalue weighted by molar-refractivity contribution is 6.01. The van der Waals surface area contributed by atoms with Crippen molar-refractivity contribution in [2.24, 2.45) is 0 Å². The van der Waals surface area contributed by atoms with Gasteiger partial charge in [-0.05, 0) is 37.5 Å². The summed E-state index contributed by atoms with van der Waals surface area (Å²) in [4.78, 5) is 15.2. The summed E-state index contributed by atoms with van der Waals surface area (Å²) in [6.07, 6.45) is 0. The molecule has 0 bridgehead atoms. The Bertz CT molecular complexity index is 830. The highest BCUT2D eigenvalue weighted by Gasteiger charge is 2.64. The first kappa shape index (κ1) is 17.5. The maximum Gasteiger partial charge on any atom is 0.248 e. The van der Waals surface area contributed by atoms with Crippen molar-refractivity contribution in [3.8, 4) is 0 Å². The lowest BCUT2D eigenvalue weighted by Gasteiger charge is -2.37. The van der Waals surface area contributed by atoms with Crippen LogP contribution in [-0.4, -0.2) is 22.4 Å². The lowest BCUT2D eigenvalue weighted by Crippen LogP contribution is -2.41. The number of hydrogen-bond acceptors (Lipinski definition) is 1. The van der Waals surface area contributed by atoms with E-state index in [9.17, 15) is 4.79 Å². The number of nitrogens with zero attached hydrogens (tertiary/aromatic N) is 1. The Labute approximate surface area is 161 Å². The number of carbonyl (C=O) groups excluding carboxylic acids is 1. The number of rotatable bonds is 4. The molecule has 136 valence electrons. The van der Waals surface area contributed by atoms with E-state index in [4.69, 9.17) is 0 Å². The molecule has 0 aromatic heterocycles. The van der Waals surface area contributed by atoms with Crippen molar-refractivity contribution in [1.82, 2.24) is 4.90 Å². The van der Waals surface area contributed by atoms with Gasteiger partial charge in [-0.3, -0.25) is 4.79 Å². The summed E-state index contributed by atoms with van der Waals surface area (Å²) >= 11 is 0. The monoisotopic (exact) mass is 355 g/mol. The van der Waals surface area contributed by atoms with Gasteiger partial charge in [-0.15, -0.1) is 0 Å². The van der Waals surface area contributed by atoms with Gasteiger partial charge in [-0.25, -0.2) is 0 Å². The quantitative estimate of drug-likeness (QED) is 0.475. The molecule has 3 aromatic carbocycles. The fourth-order valence-electron chi connectivity index (χ4n) is 4.35. The molecule has 1 unspecified atom stereocenters. The van der Waals surface area contributed by atoms with E-state index in [-0.39, 0.29) is 17.5 Å². The van der Waals surface area contributed by atoms with Crippen LogP contribution in [0.5, 0.6) is 0 Å². The molecule has 1 aliphatic rings. The Morgan fingerprint density at radius 3 is 1.22 bits per heavy atom. The van der Waals surface area contributed by atoms with Gasteiger partial charge in [0, 0.05) is 5.54 Å². The minimum atomic E-state index is -0.534. The van der Waals surface area contributed by atoms with E-state index in [1.807, 2.05) is 23.1 Å². The third kappa shape index (κ3) is 2.76. The molecule has 27 heavy (non-hydrogen) atoms. The zero-order valence-corrected chi connectivity index (χ0v) is 16.1. The third-order valence-corrected chi connectivity index (χ3v) is 5.48. The second kappa shape index (κ2) is 6.38. The minimum Gasteiger partial charge on any atom is -0.322 e. The maximum absolute atomic E-state index is 13.2. The topological polar surface area (TPSA) is 20.1 Å². The minimum absolute atomic E-state index is 0.207. The summed E-state index contributed by atoms with van der Waals surface area (Å²) in [5, 5.41) is 0. The van der Waals surface area contributed by atoms with Crippen LogP contribution in [0, 0.1) is 0 Å². The van der Waals surface area contributed by atoms with Crippen LogP contribution in [0.1, 0.15) is 37.5 Å². The largest absolute Gasteiger partial charge is 0.322 e. The predicted octanol–water partition coefficient (Wildman–Crippen LogP) is 5.03. The molecule has 1 amide bonds. The molecule has 1 saturated heterocycles. The van der Waals surface area contributed by atoms with E-state index in [0.29, 0.717) is 0 Å². The first-order valence-electron chi connectivity index (χ1n) is 9.47. The van der Waals surface area contributed by atoms with Gasteiger partial charge < -0.3 is 4.90 Å². The Morgan fingerprint density at radius 1 is 0.630 bits per heavy atom. The fraction of sp³-hybridized carbons (Fsp3) is 0.240. The maximum atomic E-state index is 13.2. The third-order valence-electron chi connectivity index (χ3n) is 5.48. The van der Waals surface area contributed by atoms with Crippen molar-refractivity contribution >= 4 is 5.91 Å². The van der Waals surface area contributed by atoms with Gasteiger partial charge >= 0.3 is 0 Å². The first-order valence-corrected chi connectivity index (χ1v) is 9.47. The van der Waals surface area contributed by atoms with Crippen molar-refractivity contribution in [1.29, 1.82) is 0 Å². The SMILES string of the molecule is CC(C)(C)N1C(=O)C1C(c1ccccc1)(c1ccccc1)c1ccccc1. The van der Waals surface area contributed by atoms with Gasteiger partial charge in [0.1, 0.15) is 6.04 Å². The Hall–Kier alpha value is -2.87. The summed E-state index contributed by atoms with van der Waals surface area (Å²) in [5.74, 6) is 0.207. The molecule has 1 aliphatic heterocycles. The molecule has 0 saturated carbocycles.